The molecule has 0 bridgehead atoms. The zero-order valence-corrected chi connectivity index (χ0v) is 33.2. The predicted molar refractivity (Wildman–Crippen MR) is 221 cm³/mol. The molecule has 3 aromatic heterocycles. The Labute approximate surface area is 332 Å². The van der Waals surface area contributed by atoms with Crippen molar-refractivity contribution in [3.63, 3.8) is 0 Å². The number of carbonyl (C=O) groups is 3. The number of pyridine rings is 2. The number of ketones is 1. The van der Waals surface area contributed by atoms with E-state index in [4.69, 9.17) is 4.98 Å². The Morgan fingerprint density at radius 2 is 1.72 bits per heavy atom. The molecule has 4 aromatic rings. The summed E-state index contributed by atoms with van der Waals surface area (Å²) in [5.74, 6) is 0.838. The van der Waals surface area contributed by atoms with E-state index in [-0.39, 0.29) is 41.6 Å². The molecule has 7 rings (SSSR count). The fourth-order valence-corrected chi connectivity index (χ4v) is 8.74. The highest BCUT2D eigenvalue weighted by atomic mass is 19.1. The van der Waals surface area contributed by atoms with Crippen LogP contribution in [0.5, 0.6) is 0 Å². The van der Waals surface area contributed by atoms with Gasteiger partial charge in [0.25, 0.3) is 5.56 Å². The zero-order chi connectivity index (χ0) is 40.1. The summed E-state index contributed by atoms with van der Waals surface area (Å²) in [4.78, 5) is 71.7. The van der Waals surface area contributed by atoms with Crippen molar-refractivity contribution >= 4 is 58.0 Å². The summed E-state index contributed by atoms with van der Waals surface area (Å²) in [5, 5.41) is 6.47. The highest BCUT2D eigenvalue weighted by Crippen LogP contribution is 2.34. The van der Waals surface area contributed by atoms with E-state index in [1.165, 1.54) is 18.9 Å². The van der Waals surface area contributed by atoms with E-state index in [0.717, 1.165) is 103 Å². The number of carbonyl (C=O) groups excluding carboxylic acids is 3. The van der Waals surface area contributed by atoms with Crippen LogP contribution in [0.15, 0.2) is 47.5 Å². The van der Waals surface area contributed by atoms with Crippen molar-refractivity contribution in [2.24, 2.45) is 5.92 Å². The number of aryl methyl sites for hydroxylation is 1. The Morgan fingerprint density at radius 3 is 2.39 bits per heavy atom. The average molecular weight is 781 g/mol. The standard InChI is InChI=1S/C42H53FN10O4/c1-28-33-27-46-41(48-39(33)53(31-8-4-5-9-31)40(56)37(28)29(2)55)47-36-13-12-32(26-45-36)50-23-21-49(22-24-50)18-14-30-15-19-51(20-16-30)34-10-6-11-35(38(34)43)52(17-7-25-54)42(57)44-3/h6,10-13,25-27,30-31H,4-5,7-9,14-24H2,1-3H3,(H,44,57)(H,45,46,47,48). The lowest BCUT2D eigenvalue weighted by atomic mass is 9.93. The summed E-state index contributed by atoms with van der Waals surface area (Å²) in [7, 11) is 1.49. The number of piperidine rings is 1. The van der Waals surface area contributed by atoms with Gasteiger partial charge in [0.15, 0.2) is 11.6 Å². The second-order valence-corrected chi connectivity index (χ2v) is 15.4. The Hall–Kier alpha value is -5.44. The van der Waals surface area contributed by atoms with Crippen molar-refractivity contribution in [1.29, 1.82) is 0 Å². The van der Waals surface area contributed by atoms with Crippen LogP contribution in [0.4, 0.5) is 38.0 Å². The number of aromatic nitrogens is 4. The lowest BCUT2D eigenvalue weighted by Crippen LogP contribution is -2.47. The molecule has 1 aliphatic carbocycles. The van der Waals surface area contributed by atoms with E-state index in [0.29, 0.717) is 40.0 Å². The van der Waals surface area contributed by atoms with Gasteiger partial charge >= 0.3 is 6.03 Å². The number of hydrogen-bond acceptors (Lipinski definition) is 11. The number of Topliss-reactive ketones (excluding diaryl/α,β-unsaturated/α-hetero) is 1. The number of benzene rings is 1. The molecule has 57 heavy (non-hydrogen) atoms. The predicted octanol–water partition coefficient (Wildman–Crippen LogP) is 5.86. The van der Waals surface area contributed by atoms with Crippen LogP contribution in [0.1, 0.15) is 80.3 Å². The molecule has 2 amide bonds. The van der Waals surface area contributed by atoms with Crippen LogP contribution < -0.4 is 30.9 Å². The molecule has 302 valence electrons. The number of fused-ring (bicyclic) bond motifs is 1. The first-order chi connectivity index (χ1) is 27.7. The van der Waals surface area contributed by atoms with E-state index in [1.807, 2.05) is 12.3 Å². The maximum atomic E-state index is 15.7. The molecule has 3 aliphatic rings. The number of hydrogen-bond donors (Lipinski definition) is 2. The van der Waals surface area contributed by atoms with Crippen molar-refractivity contribution in [1.82, 2.24) is 29.7 Å². The number of aldehydes is 1. The number of halogens is 1. The van der Waals surface area contributed by atoms with Crippen LogP contribution in [0.2, 0.25) is 0 Å². The van der Waals surface area contributed by atoms with E-state index in [9.17, 15) is 19.2 Å². The molecule has 0 spiro atoms. The maximum absolute atomic E-state index is 15.7. The summed E-state index contributed by atoms with van der Waals surface area (Å²) in [6.45, 7) is 9.59. The topological polar surface area (TPSA) is 149 Å². The van der Waals surface area contributed by atoms with Gasteiger partial charge in [-0.05, 0) is 88.2 Å². The number of anilines is 5. The molecule has 0 atom stereocenters. The molecule has 2 aliphatic heterocycles. The minimum absolute atomic E-state index is 0.0113. The van der Waals surface area contributed by atoms with Crippen LogP contribution in [0, 0.1) is 18.7 Å². The normalized spacial score (nSPS) is 16.9. The minimum atomic E-state index is -0.445. The summed E-state index contributed by atoms with van der Waals surface area (Å²) >= 11 is 0. The summed E-state index contributed by atoms with van der Waals surface area (Å²) < 4.78 is 17.5. The van der Waals surface area contributed by atoms with Crippen molar-refractivity contribution in [2.75, 3.05) is 79.4 Å². The average Bonchev–Trinajstić information content (AvgIpc) is 3.76. The summed E-state index contributed by atoms with van der Waals surface area (Å²) in [5.41, 5.74) is 2.83. The van der Waals surface area contributed by atoms with Crippen LogP contribution >= 0.6 is 0 Å². The van der Waals surface area contributed by atoms with E-state index < -0.39 is 11.8 Å². The molecular formula is C42H53FN10O4. The van der Waals surface area contributed by atoms with Gasteiger partial charge in [-0.15, -0.1) is 0 Å². The molecule has 0 unspecified atom stereocenters. The lowest BCUT2D eigenvalue weighted by Gasteiger charge is -2.38. The fraction of sp³-hybridized carbons (Fsp3) is 0.500. The first-order valence-electron chi connectivity index (χ1n) is 20.3. The molecule has 1 saturated carbocycles. The summed E-state index contributed by atoms with van der Waals surface area (Å²) in [6.07, 6.45) is 11.3. The minimum Gasteiger partial charge on any atom is -0.369 e. The van der Waals surface area contributed by atoms with Gasteiger partial charge in [0.1, 0.15) is 17.8 Å². The van der Waals surface area contributed by atoms with Crippen molar-refractivity contribution < 1.29 is 18.8 Å². The molecule has 1 aromatic carbocycles. The van der Waals surface area contributed by atoms with Crippen molar-refractivity contribution in [3.8, 4) is 0 Å². The number of rotatable bonds is 13. The molecule has 2 saturated heterocycles. The SMILES string of the molecule is CNC(=O)N(CCC=O)c1cccc(N2CCC(CCN3CCN(c4ccc(Nc5ncc6c(C)c(C(C)=O)c(=O)n(C7CCCC7)c6n5)nc4)CC3)CC2)c1F. The van der Waals surface area contributed by atoms with E-state index in [1.54, 1.807) is 35.9 Å². The Bertz CT molecular complexity index is 2140. The number of piperazine rings is 1. The number of nitrogens with one attached hydrogen (secondary N) is 2. The van der Waals surface area contributed by atoms with Crippen LogP contribution in [-0.4, -0.2) is 102 Å². The molecule has 5 heterocycles. The molecule has 2 N–H and O–H groups in total. The van der Waals surface area contributed by atoms with E-state index >= 15 is 4.39 Å². The van der Waals surface area contributed by atoms with Gasteiger partial charge in [-0.3, -0.25) is 24.0 Å². The third-order valence-corrected chi connectivity index (χ3v) is 12.0. The number of urea groups is 1. The first-order valence-corrected chi connectivity index (χ1v) is 20.3. The van der Waals surface area contributed by atoms with E-state index in [2.05, 4.69) is 41.4 Å². The quantitative estimate of drug-likeness (QED) is 0.124. The number of nitrogens with zero attached hydrogens (tertiary/aromatic N) is 8. The maximum Gasteiger partial charge on any atom is 0.321 e. The smallest absolute Gasteiger partial charge is 0.321 e. The molecule has 0 radical (unpaired) electrons. The second-order valence-electron chi connectivity index (χ2n) is 15.4. The molecule has 15 heteroatoms. The van der Waals surface area contributed by atoms with Gasteiger partial charge in [-0.1, -0.05) is 18.9 Å². The Balaban J connectivity index is 0.901. The fourth-order valence-electron chi connectivity index (χ4n) is 8.74. The number of amides is 2. The third kappa shape index (κ3) is 8.63. The first kappa shape index (κ1) is 39.8. The Kier molecular flexibility index (Phi) is 12.4. The monoisotopic (exact) mass is 780 g/mol. The van der Waals surface area contributed by atoms with Crippen LogP contribution in [-0.2, 0) is 4.79 Å². The second kappa shape index (κ2) is 17.8. The highest BCUT2D eigenvalue weighted by Gasteiger charge is 2.28. The van der Waals surface area contributed by atoms with Gasteiger partial charge in [-0.25, -0.2) is 19.2 Å². The zero-order valence-electron chi connectivity index (χ0n) is 33.2. The van der Waals surface area contributed by atoms with Gasteiger partial charge in [0, 0.05) is 76.9 Å². The van der Waals surface area contributed by atoms with Crippen LogP contribution in [0.3, 0.4) is 0 Å². The van der Waals surface area contributed by atoms with Gasteiger partial charge in [0.05, 0.1) is 28.8 Å². The van der Waals surface area contributed by atoms with Gasteiger partial charge in [-0.2, -0.15) is 4.98 Å². The third-order valence-electron chi connectivity index (χ3n) is 12.0. The van der Waals surface area contributed by atoms with Gasteiger partial charge < -0.3 is 25.2 Å². The summed E-state index contributed by atoms with van der Waals surface area (Å²) in [6, 6.07) is 8.66. The molecule has 3 fully saturated rings. The van der Waals surface area contributed by atoms with Crippen molar-refractivity contribution in [3.05, 3.63) is 70.0 Å². The largest absolute Gasteiger partial charge is 0.369 e. The highest BCUT2D eigenvalue weighted by molar-refractivity contribution is 5.99. The van der Waals surface area contributed by atoms with Crippen molar-refractivity contribution in [2.45, 2.75) is 71.3 Å². The Morgan fingerprint density at radius 1 is 0.965 bits per heavy atom. The van der Waals surface area contributed by atoms with Crippen LogP contribution in [0.25, 0.3) is 11.0 Å². The van der Waals surface area contributed by atoms with Gasteiger partial charge in [0.2, 0.25) is 5.95 Å². The lowest BCUT2D eigenvalue weighted by molar-refractivity contribution is -0.107. The molecular weight excluding hydrogens is 728 g/mol. The molecule has 14 nitrogen and oxygen atoms in total.